The van der Waals surface area contributed by atoms with E-state index in [1.165, 1.54) is 11.7 Å². The van der Waals surface area contributed by atoms with Gasteiger partial charge in [0.25, 0.3) is 0 Å². The van der Waals surface area contributed by atoms with Gasteiger partial charge in [-0.2, -0.15) is 4.98 Å². The lowest BCUT2D eigenvalue weighted by atomic mass is 9.99. The summed E-state index contributed by atoms with van der Waals surface area (Å²) in [5.74, 6) is 0.566. The smallest absolute Gasteiger partial charge is 0.351 e. The Morgan fingerprint density at radius 2 is 2.04 bits per heavy atom. The molecule has 1 fully saturated rings. The largest absolute Gasteiger partial charge is 0.409 e. The molecule has 1 aromatic rings. The van der Waals surface area contributed by atoms with Crippen molar-refractivity contribution in [3.8, 4) is 0 Å². The average Bonchev–Trinajstić information content (AvgIpc) is 2.83. The summed E-state index contributed by atoms with van der Waals surface area (Å²) < 4.78 is 14.5. The Morgan fingerprint density at radius 3 is 2.54 bits per heavy atom. The summed E-state index contributed by atoms with van der Waals surface area (Å²) in [4.78, 5) is 21.4. The molecule has 0 saturated carbocycles. The Bertz CT molecular complexity index is 671. The maximum absolute atomic E-state index is 12.5. The molecular formula is C18H33N3O4Si. The third-order valence-electron chi connectivity index (χ3n) is 5.65. The van der Waals surface area contributed by atoms with Crippen LogP contribution in [0.25, 0.3) is 0 Å². The highest BCUT2D eigenvalue weighted by atomic mass is 28.4. The molecule has 1 aliphatic rings. The van der Waals surface area contributed by atoms with Gasteiger partial charge in [0.2, 0.25) is 0 Å². The molecule has 1 N–H and O–H groups in total. The van der Waals surface area contributed by atoms with E-state index in [1.807, 2.05) is 0 Å². The highest BCUT2D eigenvalue weighted by molar-refractivity contribution is 6.74. The molecule has 0 aromatic carbocycles. The first kappa shape index (κ1) is 21.1. The van der Waals surface area contributed by atoms with Crippen LogP contribution in [-0.4, -0.2) is 37.2 Å². The van der Waals surface area contributed by atoms with Crippen molar-refractivity contribution >= 4 is 14.1 Å². The molecule has 0 bridgehead atoms. The summed E-state index contributed by atoms with van der Waals surface area (Å²) in [7, 11) is -0.542. The fourth-order valence-electron chi connectivity index (χ4n) is 2.99. The quantitative estimate of drug-likeness (QED) is 0.598. The molecule has 1 saturated heterocycles. The van der Waals surface area contributed by atoms with Crippen molar-refractivity contribution in [2.24, 2.45) is 5.92 Å². The lowest BCUT2D eigenvalue weighted by Gasteiger charge is -2.40. The minimum atomic E-state index is -2.02. The summed E-state index contributed by atoms with van der Waals surface area (Å²) in [5, 5.41) is 0.0804. The topological polar surface area (TPSA) is 74.6 Å². The molecule has 148 valence electrons. The van der Waals surface area contributed by atoms with E-state index in [4.69, 9.17) is 14.0 Å². The van der Waals surface area contributed by atoms with Crippen LogP contribution >= 0.6 is 0 Å². The van der Waals surface area contributed by atoms with Crippen molar-refractivity contribution < 1.29 is 14.0 Å². The molecule has 2 heterocycles. The van der Waals surface area contributed by atoms with Crippen LogP contribution in [-0.2, 0) is 14.0 Å². The van der Waals surface area contributed by atoms with Gasteiger partial charge in [0.05, 0.1) is 19.3 Å². The standard InChI is InChI=1S/C18H33N3O4Si/c1-9-13-12(2)15(25-26(7,8)18(3,4)5)16(24-13)21-11-10-14(20-23-6)19-17(21)22/h10-13,15-16H,9H2,1-8H3,(H,19,20,22)/t12-,13+,15?,16+/m0/s1. The predicted molar refractivity (Wildman–Crippen MR) is 105 cm³/mol. The number of nitrogens with zero attached hydrogens (tertiary/aromatic N) is 2. The van der Waals surface area contributed by atoms with Crippen LogP contribution in [0, 0.1) is 5.92 Å². The monoisotopic (exact) mass is 383 g/mol. The van der Waals surface area contributed by atoms with Crippen molar-refractivity contribution in [1.29, 1.82) is 0 Å². The molecule has 7 nitrogen and oxygen atoms in total. The highest BCUT2D eigenvalue weighted by Gasteiger charge is 2.48. The van der Waals surface area contributed by atoms with Gasteiger partial charge in [0, 0.05) is 12.1 Å². The number of hydrogen-bond donors (Lipinski definition) is 1. The molecule has 2 rings (SSSR count). The van der Waals surface area contributed by atoms with Crippen LogP contribution in [0.3, 0.4) is 0 Å². The molecule has 26 heavy (non-hydrogen) atoms. The minimum Gasteiger partial charge on any atom is -0.409 e. The number of rotatable bonds is 6. The van der Waals surface area contributed by atoms with Gasteiger partial charge < -0.3 is 9.16 Å². The number of aromatic nitrogens is 2. The van der Waals surface area contributed by atoms with E-state index in [2.05, 4.69) is 58.2 Å². The number of hydrogen-bond acceptors (Lipinski definition) is 6. The molecule has 8 heteroatoms. The van der Waals surface area contributed by atoms with E-state index >= 15 is 0 Å². The third kappa shape index (κ3) is 4.19. The van der Waals surface area contributed by atoms with Gasteiger partial charge in [-0.1, -0.05) is 34.6 Å². The van der Waals surface area contributed by atoms with Crippen molar-refractivity contribution in [3.63, 3.8) is 0 Å². The Labute approximate surface area is 157 Å². The summed E-state index contributed by atoms with van der Waals surface area (Å²) in [6, 6.07) is 1.70. The molecule has 0 aliphatic carbocycles. The van der Waals surface area contributed by atoms with Gasteiger partial charge in [-0.25, -0.2) is 10.3 Å². The number of nitrogens with one attached hydrogen (secondary N) is 1. The lowest BCUT2D eigenvalue weighted by molar-refractivity contribution is -0.0370. The summed E-state index contributed by atoms with van der Waals surface area (Å²) in [5.41, 5.74) is 2.19. The van der Waals surface area contributed by atoms with Crippen LogP contribution in [0.5, 0.6) is 0 Å². The van der Waals surface area contributed by atoms with Gasteiger partial charge in [0.15, 0.2) is 20.4 Å². The zero-order valence-electron chi connectivity index (χ0n) is 17.2. The van der Waals surface area contributed by atoms with E-state index in [9.17, 15) is 4.79 Å². The molecule has 4 atom stereocenters. The highest BCUT2D eigenvalue weighted by Crippen LogP contribution is 2.43. The van der Waals surface area contributed by atoms with Crippen LogP contribution in [0.1, 0.15) is 47.3 Å². The van der Waals surface area contributed by atoms with E-state index in [-0.39, 0.29) is 28.9 Å². The summed E-state index contributed by atoms with van der Waals surface area (Å²) >= 11 is 0. The fraction of sp³-hybridized carbons (Fsp3) is 0.778. The molecule has 1 aliphatic heterocycles. The summed E-state index contributed by atoms with van der Waals surface area (Å²) in [6.07, 6.45) is 1.97. The fourth-order valence-corrected chi connectivity index (χ4v) is 4.36. The van der Waals surface area contributed by atoms with Crippen molar-refractivity contribution in [1.82, 2.24) is 9.55 Å². The molecule has 0 spiro atoms. The Hall–Kier alpha value is -1.22. The van der Waals surface area contributed by atoms with Gasteiger partial charge in [-0.05, 0) is 30.6 Å². The normalized spacial score (nSPS) is 26.9. The van der Waals surface area contributed by atoms with Crippen LogP contribution in [0.4, 0.5) is 5.82 Å². The van der Waals surface area contributed by atoms with E-state index < -0.39 is 14.5 Å². The second-order valence-electron chi connectivity index (χ2n) is 8.48. The summed E-state index contributed by atoms with van der Waals surface area (Å²) in [6.45, 7) is 15.3. The third-order valence-corrected chi connectivity index (χ3v) is 10.1. The molecular weight excluding hydrogens is 350 g/mol. The Balaban J connectivity index is 2.37. The maximum atomic E-state index is 12.5. The SMILES string of the molecule is CC[C@H]1O[C@@H](n2ccc(NOC)nc2=O)C(O[Si](C)(C)C(C)(C)C)[C@H]1C. The van der Waals surface area contributed by atoms with Gasteiger partial charge >= 0.3 is 5.69 Å². The van der Waals surface area contributed by atoms with Crippen molar-refractivity contribution in [2.75, 3.05) is 12.6 Å². The van der Waals surface area contributed by atoms with Crippen molar-refractivity contribution in [3.05, 3.63) is 22.7 Å². The maximum Gasteiger partial charge on any atom is 0.351 e. The first-order valence-electron chi connectivity index (χ1n) is 9.23. The van der Waals surface area contributed by atoms with Gasteiger partial charge in [-0.3, -0.25) is 9.40 Å². The molecule has 1 aromatic heterocycles. The minimum absolute atomic E-state index is 0.0541. The van der Waals surface area contributed by atoms with Crippen molar-refractivity contribution in [2.45, 2.75) is 77.6 Å². The second kappa shape index (κ2) is 7.80. The number of anilines is 1. The van der Waals surface area contributed by atoms with Gasteiger partial charge in [0.1, 0.15) is 0 Å². The Morgan fingerprint density at radius 1 is 1.38 bits per heavy atom. The zero-order chi connectivity index (χ0) is 19.7. The first-order chi connectivity index (χ1) is 12.0. The van der Waals surface area contributed by atoms with Crippen LogP contribution in [0.15, 0.2) is 17.1 Å². The Kier molecular flexibility index (Phi) is 6.32. The van der Waals surface area contributed by atoms with E-state index in [1.54, 1.807) is 12.3 Å². The lowest BCUT2D eigenvalue weighted by Crippen LogP contribution is -2.47. The van der Waals surface area contributed by atoms with E-state index in [0.717, 1.165) is 6.42 Å². The zero-order valence-corrected chi connectivity index (χ0v) is 18.2. The molecule has 0 radical (unpaired) electrons. The molecule has 1 unspecified atom stereocenters. The molecule has 0 amide bonds. The first-order valence-corrected chi connectivity index (χ1v) is 12.1. The van der Waals surface area contributed by atoms with E-state index in [0.29, 0.717) is 5.82 Å². The number of ether oxygens (including phenoxy) is 1. The predicted octanol–water partition coefficient (Wildman–Crippen LogP) is 3.55. The van der Waals surface area contributed by atoms with Gasteiger partial charge in [-0.15, -0.1) is 0 Å². The van der Waals surface area contributed by atoms with Crippen LogP contribution in [0.2, 0.25) is 18.1 Å². The average molecular weight is 384 g/mol. The van der Waals surface area contributed by atoms with Crippen LogP contribution < -0.4 is 11.2 Å². The second-order valence-corrected chi connectivity index (χ2v) is 13.2.